The van der Waals surface area contributed by atoms with Crippen molar-refractivity contribution in [3.8, 4) is 0 Å². The summed E-state index contributed by atoms with van der Waals surface area (Å²) < 4.78 is 0. The third-order valence-electron chi connectivity index (χ3n) is 5.10. The van der Waals surface area contributed by atoms with Crippen LogP contribution in [0.2, 0.25) is 0 Å². The highest BCUT2D eigenvalue weighted by Crippen LogP contribution is 2.39. The summed E-state index contributed by atoms with van der Waals surface area (Å²) in [5, 5.41) is 10.9. The largest absolute Gasteiger partial charge is 0.507 e. The minimum absolute atomic E-state index is 0.137. The molecule has 0 spiro atoms. The first-order valence-electron chi connectivity index (χ1n) is 9.57. The molecule has 1 atom stereocenters. The molecule has 1 N–H and O–H groups in total. The maximum Gasteiger partial charge on any atom is 0.295 e. The molecule has 6 heteroatoms. The van der Waals surface area contributed by atoms with Gasteiger partial charge >= 0.3 is 0 Å². The van der Waals surface area contributed by atoms with E-state index in [0.29, 0.717) is 18.7 Å². The Balaban J connectivity index is 2.11. The molecule has 0 bridgehead atoms. The van der Waals surface area contributed by atoms with E-state index in [1.807, 2.05) is 68.3 Å². The second-order valence-corrected chi connectivity index (χ2v) is 7.65. The molecule has 1 heterocycles. The van der Waals surface area contributed by atoms with Gasteiger partial charge in [-0.1, -0.05) is 42.5 Å². The maximum atomic E-state index is 12.9. The number of ketones is 1. The molecule has 1 amide bonds. The molecule has 1 aliphatic rings. The molecule has 0 aromatic heterocycles. The van der Waals surface area contributed by atoms with Crippen LogP contribution in [0.15, 0.2) is 60.2 Å². The molecular weight excluding hydrogens is 366 g/mol. The van der Waals surface area contributed by atoms with E-state index in [1.54, 1.807) is 29.2 Å². The Morgan fingerprint density at radius 1 is 0.966 bits per heavy atom. The first kappa shape index (κ1) is 20.6. The number of rotatable bonds is 6. The van der Waals surface area contributed by atoms with Gasteiger partial charge in [0.1, 0.15) is 5.76 Å². The number of benzene rings is 2. The number of carbonyl (C=O) groups is 2. The van der Waals surface area contributed by atoms with Crippen LogP contribution in [0.4, 0.5) is 5.69 Å². The predicted octanol–water partition coefficient (Wildman–Crippen LogP) is 2.74. The van der Waals surface area contributed by atoms with Gasteiger partial charge in [-0.3, -0.25) is 9.59 Å². The van der Waals surface area contributed by atoms with E-state index in [4.69, 9.17) is 0 Å². The van der Waals surface area contributed by atoms with Crippen molar-refractivity contribution in [3.63, 3.8) is 0 Å². The Kier molecular flexibility index (Phi) is 6.03. The van der Waals surface area contributed by atoms with E-state index in [2.05, 4.69) is 0 Å². The fraction of sp³-hybridized carbons (Fsp3) is 0.304. The molecule has 3 rings (SSSR count). The average molecular weight is 393 g/mol. The summed E-state index contributed by atoms with van der Waals surface area (Å²) in [6.07, 6.45) is 0. The zero-order chi connectivity index (χ0) is 21.1. The highest BCUT2D eigenvalue weighted by molar-refractivity contribution is 6.46. The van der Waals surface area contributed by atoms with Crippen LogP contribution in [0.1, 0.15) is 17.2 Å². The first-order chi connectivity index (χ1) is 13.8. The molecule has 2 aromatic carbocycles. The lowest BCUT2D eigenvalue weighted by Gasteiger charge is -2.27. The minimum Gasteiger partial charge on any atom is -0.507 e. The van der Waals surface area contributed by atoms with Crippen LogP contribution in [0.5, 0.6) is 0 Å². The number of hydrogen-bond acceptors (Lipinski definition) is 5. The van der Waals surface area contributed by atoms with Crippen molar-refractivity contribution < 1.29 is 14.7 Å². The maximum absolute atomic E-state index is 12.9. The van der Waals surface area contributed by atoms with Crippen LogP contribution in [0.25, 0.3) is 5.76 Å². The Labute approximate surface area is 171 Å². The number of Topliss-reactive ketones (excluding diaryl/α,β-unsaturated/α-hetero) is 1. The van der Waals surface area contributed by atoms with Gasteiger partial charge in [0.2, 0.25) is 0 Å². The first-order valence-corrected chi connectivity index (χ1v) is 9.57. The Morgan fingerprint density at radius 2 is 1.59 bits per heavy atom. The number of amides is 1. The summed E-state index contributed by atoms with van der Waals surface area (Å²) in [5.41, 5.74) is 2.47. The summed E-state index contributed by atoms with van der Waals surface area (Å²) in [5.74, 6) is -1.36. The van der Waals surface area contributed by atoms with Crippen LogP contribution in [-0.2, 0) is 9.59 Å². The van der Waals surface area contributed by atoms with Gasteiger partial charge < -0.3 is 19.8 Å². The number of likely N-dealkylation sites (tertiary alicyclic amines) is 1. The molecule has 6 nitrogen and oxygen atoms in total. The zero-order valence-corrected chi connectivity index (χ0v) is 17.3. The van der Waals surface area contributed by atoms with Gasteiger partial charge in [-0.15, -0.1) is 0 Å². The summed E-state index contributed by atoms with van der Waals surface area (Å²) in [4.78, 5) is 31.2. The lowest BCUT2D eigenvalue weighted by atomic mass is 9.95. The van der Waals surface area contributed by atoms with E-state index in [0.717, 1.165) is 11.3 Å². The summed E-state index contributed by atoms with van der Waals surface area (Å²) >= 11 is 0. The molecule has 0 saturated carbocycles. The molecule has 0 unspecified atom stereocenters. The van der Waals surface area contributed by atoms with Gasteiger partial charge in [0.05, 0.1) is 11.6 Å². The standard InChI is InChI=1S/C23H27N3O3/c1-24(2)14-15-26-20(16-10-12-18(13-11-16)25(3)4)19(22(28)23(26)29)21(27)17-8-6-5-7-9-17/h5-13,20,27H,14-15H2,1-4H3/t20-/m1/s1. The molecule has 0 radical (unpaired) electrons. The number of nitrogens with zero attached hydrogens (tertiary/aromatic N) is 3. The number of likely N-dealkylation sites (N-methyl/N-ethyl adjacent to an activating group) is 1. The van der Waals surface area contributed by atoms with Gasteiger partial charge in [-0.25, -0.2) is 0 Å². The normalized spacial score (nSPS) is 18.5. The van der Waals surface area contributed by atoms with Crippen LogP contribution in [0, 0.1) is 0 Å². The monoisotopic (exact) mass is 393 g/mol. The fourth-order valence-corrected chi connectivity index (χ4v) is 3.47. The molecular formula is C23H27N3O3. The molecule has 0 aliphatic carbocycles. The number of carbonyl (C=O) groups excluding carboxylic acids is 2. The van der Waals surface area contributed by atoms with E-state index in [-0.39, 0.29) is 11.3 Å². The highest BCUT2D eigenvalue weighted by atomic mass is 16.3. The van der Waals surface area contributed by atoms with Crippen molar-refractivity contribution >= 4 is 23.1 Å². The van der Waals surface area contributed by atoms with Crippen LogP contribution >= 0.6 is 0 Å². The lowest BCUT2D eigenvalue weighted by Crippen LogP contribution is -2.35. The number of aliphatic hydroxyl groups is 1. The molecule has 1 fully saturated rings. The minimum atomic E-state index is -0.646. The van der Waals surface area contributed by atoms with E-state index in [1.165, 1.54) is 0 Å². The van der Waals surface area contributed by atoms with Crippen molar-refractivity contribution in [3.05, 3.63) is 71.3 Å². The number of hydrogen-bond donors (Lipinski definition) is 1. The van der Waals surface area contributed by atoms with E-state index in [9.17, 15) is 14.7 Å². The Hall–Kier alpha value is -3.12. The Morgan fingerprint density at radius 3 is 2.14 bits per heavy atom. The van der Waals surface area contributed by atoms with Gasteiger partial charge in [-0.05, 0) is 31.8 Å². The van der Waals surface area contributed by atoms with Crippen molar-refractivity contribution in [2.24, 2.45) is 0 Å². The third kappa shape index (κ3) is 4.17. The molecule has 152 valence electrons. The van der Waals surface area contributed by atoms with Gasteiger partial charge in [0.15, 0.2) is 0 Å². The number of anilines is 1. The Bertz CT molecular complexity index is 918. The smallest absolute Gasteiger partial charge is 0.295 e. The summed E-state index contributed by atoms with van der Waals surface area (Å²) in [6, 6.07) is 16.0. The third-order valence-corrected chi connectivity index (χ3v) is 5.10. The summed E-state index contributed by atoms with van der Waals surface area (Å²) in [6.45, 7) is 1.01. The zero-order valence-electron chi connectivity index (χ0n) is 17.3. The average Bonchev–Trinajstić information content (AvgIpc) is 2.97. The highest BCUT2D eigenvalue weighted by Gasteiger charge is 2.45. The second-order valence-electron chi connectivity index (χ2n) is 7.65. The SMILES string of the molecule is CN(C)CCN1C(=O)C(=O)C(=C(O)c2ccccc2)[C@H]1c1ccc(N(C)C)cc1. The van der Waals surface area contributed by atoms with Crippen LogP contribution in [0.3, 0.4) is 0 Å². The van der Waals surface area contributed by atoms with Crippen molar-refractivity contribution in [1.82, 2.24) is 9.80 Å². The molecule has 2 aromatic rings. The van der Waals surface area contributed by atoms with Crippen molar-refractivity contribution in [1.29, 1.82) is 0 Å². The van der Waals surface area contributed by atoms with Crippen molar-refractivity contribution in [2.45, 2.75) is 6.04 Å². The quantitative estimate of drug-likeness (QED) is 0.464. The fourth-order valence-electron chi connectivity index (χ4n) is 3.47. The summed E-state index contributed by atoms with van der Waals surface area (Å²) in [7, 11) is 7.74. The van der Waals surface area contributed by atoms with Gasteiger partial charge in [-0.2, -0.15) is 0 Å². The van der Waals surface area contributed by atoms with Crippen LogP contribution < -0.4 is 4.90 Å². The van der Waals surface area contributed by atoms with Crippen LogP contribution in [-0.4, -0.2) is 67.9 Å². The van der Waals surface area contributed by atoms with Crippen molar-refractivity contribution in [2.75, 3.05) is 46.2 Å². The lowest BCUT2D eigenvalue weighted by molar-refractivity contribution is -0.140. The topological polar surface area (TPSA) is 64.1 Å². The van der Waals surface area contributed by atoms with E-state index < -0.39 is 17.7 Å². The second kappa shape index (κ2) is 8.49. The molecule has 29 heavy (non-hydrogen) atoms. The predicted molar refractivity (Wildman–Crippen MR) is 115 cm³/mol. The molecule has 1 aliphatic heterocycles. The number of aliphatic hydroxyl groups excluding tert-OH is 1. The van der Waals surface area contributed by atoms with E-state index >= 15 is 0 Å². The molecule has 1 saturated heterocycles. The van der Waals surface area contributed by atoms with Gasteiger partial charge in [0.25, 0.3) is 11.7 Å². The van der Waals surface area contributed by atoms with Gasteiger partial charge in [0, 0.05) is 38.4 Å².